The monoisotopic (exact) mass is 404 g/mol. The van der Waals surface area contributed by atoms with Crippen molar-refractivity contribution in [2.24, 2.45) is 0 Å². The van der Waals surface area contributed by atoms with Crippen molar-refractivity contribution in [3.63, 3.8) is 0 Å². The molecule has 0 spiro atoms. The molecule has 2 aromatic rings. The molecule has 0 bridgehead atoms. The van der Waals surface area contributed by atoms with Crippen LogP contribution in [0.25, 0.3) is 0 Å². The minimum absolute atomic E-state index is 0.129. The Kier molecular flexibility index (Phi) is 7.01. The molecule has 2 amide bonds. The van der Waals surface area contributed by atoms with E-state index in [4.69, 9.17) is 4.74 Å². The van der Waals surface area contributed by atoms with Gasteiger partial charge >= 0.3 is 0 Å². The van der Waals surface area contributed by atoms with Gasteiger partial charge in [0.25, 0.3) is 5.91 Å². The van der Waals surface area contributed by atoms with Gasteiger partial charge in [-0.15, -0.1) is 0 Å². The first-order chi connectivity index (χ1) is 12.0. The second-order valence-electron chi connectivity index (χ2n) is 5.54. The molecule has 1 atom stereocenters. The fourth-order valence-electron chi connectivity index (χ4n) is 2.33. The quantitative estimate of drug-likeness (QED) is 0.771. The molecule has 0 saturated heterocycles. The lowest BCUT2D eigenvalue weighted by Gasteiger charge is -2.28. The van der Waals surface area contributed by atoms with Crippen LogP contribution in [0.3, 0.4) is 0 Å². The highest BCUT2D eigenvalue weighted by atomic mass is 79.9. The third kappa shape index (κ3) is 5.60. The summed E-state index contributed by atoms with van der Waals surface area (Å²) in [7, 11) is 1.56. The van der Waals surface area contributed by atoms with E-state index >= 15 is 0 Å². The Labute approximate surface area is 156 Å². The number of halogens is 1. The topological polar surface area (TPSA) is 58.6 Å². The highest BCUT2D eigenvalue weighted by Gasteiger charge is 2.25. The number of nitrogens with one attached hydrogen (secondary N) is 1. The van der Waals surface area contributed by atoms with E-state index in [1.54, 1.807) is 26.1 Å². The number of amides is 2. The minimum Gasteiger partial charge on any atom is -0.484 e. The summed E-state index contributed by atoms with van der Waals surface area (Å²) in [5.74, 6) is 0.139. The Balaban J connectivity index is 2.08. The summed E-state index contributed by atoms with van der Waals surface area (Å²) < 4.78 is 6.50. The molecule has 25 heavy (non-hydrogen) atoms. The van der Waals surface area contributed by atoms with Gasteiger partial charge in [0, 0.05) is 18.1 Å². The number of carbonyl (C=O) groups excluding carboxylic acids is 2. The number of ether oxygens (including phenoxy) is 1. The number of hydrogen-bond acceptors (Lipinski definition) is 3. The molecule has 132 valence electrons. The van der Waals surface area contributed by atoms with E-state index in [0.717, 1.165) is 10.0 Å². The van der Waals surface area contributed by atoms with Gasteiger partial charge < -0.3 is 15.0 Å². The van der Waals surface area contributed by atoms with Gasteiger partial charge in [0.1, 0.15) is 11.8 Å². The van der Waals surface area contributed by atoms with Gasteiger partial charge in [0.15, 0.2) is 6.61 Å². The van der Waals surface area contributed by atoms with Crippen LogP contribution in [0, 0.1) is 0 Å². The molecule has 6 heteroatoms. The summed E-state index contributed by atoms with van der Waals surface area (Å²) in [4.78, 5) is 26.2. The van der Waals surface area contributed by atoms with Gasteiger partial charge in [-0.3, -0.25) is 9.59 Å². The summed E-state index contributed by atoms with van der Waals surface area (Å²) in [6.45, 7) is 1.92. The first-order valence-corrected chi connectivity index (χ1v) is 8.74. The highest BCUT2D eigenvalue weighted by molar-refractivity contribution is 9.10. The molecule has 2 aromatic carbocycles. The zero-order chi connectivity index (χ0) is 18.2. The lowest BCUT2D eigenvalue weighted by molar-refractivity contribution is -0.142. The van der Waals surface area contributed by atoms with Gasteiger partial charge in [0.05, 0.1) is 0 Å². The van der Waals surface area contributed by atoms with Crippen molar-refractivity contribution >= 4 is 27.7 Å². The van der Waals surface area contributed by atoms with Crippen molar-refractivity contribution in [2.45, 2.75) is 19.5 Å². The predicted octanol–water partition coefficient (Wildman–Crippen LogP) is 2.99. The number of benzene rings is 2. The molecule has 0 aromatic heterocycles. The second-order valence-corrected chi connectivity index (χ2v) is 6.46. The van der Waals surface area contributed by atoms with Crippen LogP contribution in [-0.4, -0.2) is 36.4 Å². The van der Waals surface area contributed by atoms with E-state index in [2.05, 4.69) is 21.2 Å². The third-order valence-corrected chi connectivity index (χ3v) is 4.31. The van der Waals surface area contributed by atoms with Gasteiger partial charge in [-0.25, -0.2) is 0 Å². The average molecular weight is 405 g/mol. The number of carbonyl (C=O) groups is 2. The molecule has 0 saturated carbocycles. The fourth-order valence-corrected chi connectivity index (χ4v) is 2.59. The Morgan fingerprint density at radius 3 is 2.36 bits per heavy atom. The van der Waals surface area contributed by atoms with Crippen LogP contribution in [-0.2, 0) is 16.1 Å². The van der Waals surface area contributed by atoms with E-state index in [1.807, 2.05) is 42.5 Å². The van der Waals surface area contributed by atoms with Gasteiger partial charge in [-0.2, -0.15) is 0 Å². The lowest BCUT2D eigenvalue weighted by Crippen LogP contribution is -2.48. The first kappa shape index (κ1) is 19.0. The fraction of sp³-hybridized carbons (Fsp3) is 0.263. The Hall–Kier alpha value is -2.34. The summed E-state index contributed by atoms with van der Waals surface area (Å²) in [5, 5.41) is 2.59. The van der Waals surface area contributed by atoms with Crippen molar-refractivity contribution in [2.75, 3.05) is 13.7 Å². The van der Waals surface area contributed by atoms with Crippen LogP contribution in [0.2, 0.25) is 0 Å². The van der Waals surface area contributed by atoms with Crippen LogP contribution in [0.1, 0.15) is 12.5 Å². The van der Waals surface area contributed by atoms with E-state index in [0.29, 0.717) is 12.3 Å². The molecular weight excluding hydrogens is 384 g/mol. The van der Waals surface area contributed by atoms with Crippen LogP contribution in [0.15, 0.2) is 59.1 Å². The van der Waals surface area contributed by atoms with Crippen LogP contribution in [0.4, 0.5) is 0 Å². The van der Waals surface area contributed by atoms with E-state index in [-0.39, 0.29) is 18.4 Å². The summed E-state index contributed by atoms with van der Waals surface area (Å²) in [6.07, 6.45) is 0. The average Bonchev–Trinajstić information content (AvgIpc) is 2.65. The maximum Gasteiger partial charge on any atom is 0.261 e. The van der Waals surface area contributed by atoms with Crippen molar-refractivity contribution < 1.29 is 14.3 Å². The maximum absolute atomic E-state index is 12.7. The molecule has 0 unspecified atom stereocenters. The number of hydrogen-bond donors (Lipinski definition) is 1. The molecule has 0 heterocycles. The molecule has 0 aliphatic carbocycles. The van der Waals surface area contributed by atoms with Crippen LogP contribution in [0.5, 0.6) is 5.75 Å². The molecule has 0 aliphatic rings. The number of nitrogens with zero attached hydrogens (tertiary/aromatic N) is 1. The summed E-state index contributed by atoms with van der Waals surface area (Å²) >= 11 is 3.35. The highest BCUT2D eigenvalue weighted by Crippen LogP contribution is 2.16. The summed E-state index contributed by atoms with van der Waals surface area (Å²) in [6, 6.07) is 16.2. The van der Waals surface area contributed by atoms with E-state index < -0.39 is 6.04 Å². The minimum atomic E-state index is -0.591. The van der Waals surface area contributed by atoms with Crippen molar-refractivity contribution in [1.82, 2.24) is 10.2 Å². The molecule has 0 fully saturated rings. The molecule has 2 rings (SSSR count). The normalized spacial score (nSPS) is 11.5. The van der Waals surface area contributed by atoms with Gasteiger partial charge in [-0.05, 0) is 36.8 Å². The third-order valence-electron chi connectivity index (χ3n) is 3.79. The van der Waals surface area contributed by atoms with Crippen molar-refractivity contribution in [1.29, 1.82) is 0 Å². The Morgan fingerprint density at radius 1 is 1.12 bits per heavy atom. The molecule has 0 radical (unpaired) electrons. The Bertz CT molecular complexity index is 704. The molecule has 0 aliphatic heterocycles. The van der Waals surface area contributed by atoms with Crippen molar-refractivity contribution in [3.05, 3.63) is 64.6 Å². The van der Waals surface area contributed by atoms with E-state index in [9.17, 15) is 9.59 Å². The van der Waals surface area contributed by atoms with Crippen molar-refractivity contribution in [3.8, 4) is 5.75 Å². The molecule has 1 N–H and O–H groups in total. The zero-order valence-corrected chi connectivity index (χ0v) is 15.8. The second kappa shape index (κ2) is 9.22. The zero-order valence-electron chi connectivity index (χ0n) is 14.2. The maximum atomic E-state index is 12.7. The number of rotatable bonds is 7. The number of likely N-dealkylation sites (N-methyl/N-ethyl adjacent to an activating group) is 1. The van der Waals surface area contributed by atoms with Gasteiger partial charge in [0.2, 0.25) is 5.91 Å². The first-order valence-electron chi connectivity index (χ1n) is 7.94. The summed E-state index contributed by atoms with van der Waals surface area (Å²) in [5.41, 5.74) is 0.954. The molecule has 5 nitrogen and oxygen atoms in total. The SMILES string of the molecule is CNC(=O)[C@H](C)N(Cc1ccccc1)C(=O)COc1ccc(Br)cc1. The smallest absolute Gasteiger partial charge is 0.261 e. The standard InChI is InChI=1S/C19H21BrN2O3/c1-14(19(24)21-2)22(12-15-6-4-3-5-7-15)18(23)13-25-17-10-8-16(20)9-11-17/h3-11,14H,12-13H2,1-2H3,(H,21,24)/t14-/m0/s1. The van der Waals surface area contributed by atoms with Crippen LogP contribution >= 0.6 is 15.9 Å². The Morgan fingerprint density at radius 2 is 1.76 bits per heavy atom. The van der Waals surface area contributed by atoms with E-state index in [1.165, 1.54) is 4.90 Å². The molecular formula is C19H21BrN2O3. The van der Waals surface area contributed by atoms with Gasteiger partial charge in [-0.1, -0.05) is 46.3 Å². The predicted molar refractivity (Wildman–Crippen MR) is 100 cm³/mol. The van der Waals surface area contributed by atoms with Crippen LogP contribution < -0.4 is 10.1 Å². The largest absolute Gasteiger partial charge is 0.484 e. The lowest BCUT2D eigenvalue weighted by atomic mass is 10.1.